The standard InChI is InChI=1S/C16H23NO2/c1-16(2,13-5-6-13)17-11-12-4-7-14-15(10-12)19-9-3-8-18-14/h4,7,10,13,17H,3,5-6,8-9,11H2,1-2H3. The Labute approximate surface area is 115 Å². The summed E-state index contributed by atoms with van der Waals surface area (Å²) in [6, 6.07) is 6.27. The number of benzene rings is 1. The summed E-state index contributed by atoms with van der Waals surface area (Å²) in [4.78, 5) is 0. The lowest BCUT2D eigenvalue weighted by Gasteiger charge is -2.26. The molecule has 1 aliphatic carbocycles. The molecule has 1 aromatic rings. The second-order valence-electron chi connectivity index (χ2n) is 6.18. The van der Waals surface area contributed by atoms with Crippen molar-refractivity contribution in [3.8, 4) is 11.5 Å². The van der Waals surface area contributed by atoms with E-state index in [9.17, 15) is 0 Å². The molecule has 1 fully saturated rings. The van der Waals surface area contributed by atoms with Gasteiger partial charge in [0, 0.05) is 18.5 Å². The average Bonchev–Trinajstić information content (AvgIpc) is 3.22. The van der Waals surface area contributed by atoms with Gasteiger partial charge in [-0.1, -0.05) is 6.07 Å². The minimum Gasteiger partial charge on any atom is -0.490 e. The van der Waals surface area contributed by atoms with E-state index in [2.05, 4.69) is 31.3 Å². The smallest absolute Gasteiger partial charge is 0.161 e. The molecule has 2 aliphatic rings. The Morgan fingerprint density at radius 3 is 2.63 bits per heavy atom. The molecule has 3 rings (SSSR count). The Bertz CT molecular complexity index is 452. The van der Waals surface area contributed by atoms with Crippen molar-refractivity contribution < 1.29 is 9.47 Å². The molecular formula is C16H23NO2. The molecule has 0 atom stereocenters. The van der Waals surface area contributed by atoms with Crippen LogP contribution in [0.2, 0.25) is 0 Å². The fourth-order valence-corrected chi connectivity index (χ4v) is 2.60. The average molecular weight is 261 g/mol. The fraction of sp³-hybridized carbons (Fsp3) is 0.625. The van der Waals surface area contributed by atoms with Crippen LogP contribution in [0.25, 0.3) is 0 Å². The number of fused-ring (bicyclic) bond motifs is 1. The maximum Gasteiger partial charge on any atom is 0.161 e. The van der Waals surface area contributed by atoms with Crippen molar-refractivity contribution in [1.29, 1.82) is 0 Å². The van der Waals surface area contributed by atoms with Crippen LogP contribution in [0.4, 0.5) is 0 Å². The first-order chi connectivity index (χ1) is 9.15. The molecule has 104 valence electrons. The van der Waals surface area contributed by atoms with E-state index in [0.717, 1.165) is 43.6 Å². The van der Waals surface area contributed by atoms with Crippen molar-refractivity contribution in [1.82, 2.24) is 5.32 Å². The van der Waals surface area contributed by atoms with E-state index in [4.69, 9.17) is 9.47 Å². The molecule has 3 heteroatoms. The van der Waals surface area contributed by atoms with E-state index >= 15 is 0 Å². The molecule has 1 aromatic carbocycles. The Kier molecular flexibility index (Phi) is 3.40. The number of ether oxygens (including phenoxy) is 2. The van der Waals surface area contributed by atoms with Crippen molar-refractivity contribution in [3.63, 3.8) is 0 Å². The third-order valence-electron chi connectivity index (χ3n) is 4.16. The van der Waals surface area contributed by atoms with Crippen LogP contribution >= 0.6 is 0 Å². The highest BCUT2D eigenvalue weighted by atomic mass is 16.5. The topological polar surface area (TPSA) is 30.5 Å². The fourth-order valence-electron chi connectivity index (χ4n) is 2.60. The quantitative estimate of drug-likeness (QED) is 0.903. The zero-order valence-corrected chi connectivity index (χ0v) is 11.9. The van der Waals surface area contributed by atoms with Crippen molar-refractivity contribution in [2.45, 2.75) is 45.2 Å². The van der Waals surface area contributed by atoms with Crippen LogP contribution in [0.1, 0.15) is 38.7 Å². The monoisotopic (exact) mass is 261 g/mol. The van der Waals surface area contributed by atoms with Gasteiger partial charge in [0.05, 0.1) is 13.2 Å². The number of nitrogens with one attached hydrogen (secondary N) is 1. The maximum absolute atomic E-state index is 5.73. The van der Waals surface area contributed by atoms with Gasteiger partial charge >= 0.3 is 0 Å². The van der Waals surface area contributed by atoms with Gasteiger partial charge in [-0.15, -0.1) is 0 Å². The van der Waals surface area contributed by atoms with Crippen LogP contribution < -0.4 is 14.8 Å². The zero-order chi connectivity index (χ0) is 13.3. The first-order valence-corrected chi connectivity index (χ1v) is 7.29. The van der Waals surface area contributed by atoms with E-state index in [1.807, 2.05) is 6.07 Å². The van der Waals surface area contributed by atoms with Gasteiger partial charge in [0.2, 0.25) is 0 Å². The van der Waals surface area contributed by atoms with Gasteiger partial charge in [-0.25, -0.2) is 0 Å². The van der Waals surface area contributed by atoms with Crippen LogP contribution in [0.5, 0.6) is 11.5 Å². The van der Waals surface area contributed by atoms with Crippen LogP contribution in [0, 0.1) is 5.92 Å². The molecule has 0 saturated heterocycles. The number of rotatable bonds is 4. The van der Waals surface area contributed by atoms with Gasteiger partial charge in [-0.05, 0) is 50.3 Å². The van der Waals surface area contributed by atoms with Gasteiger partial charge in [0.25, 0.3) is 0 Å². The molecular weight excluding hydrogens is 238 g/mol. The summed E-state index contributed by atoms with van der Waals surface area (Å²) in [5, 5.41) is 3.66. The highest BCUT2D eigenvalue weighted by Gasteiger charge is 2.37. The second kappa shape index (κ2) is 5.04. The summed E-state index contributed by atoms with van der Waals surface area (Å²) in [6.45, 7) is 6.98. The van der Waals surface area contributed by atoms with Gasteiger partial charge in [0.15, 0.2) is 11.5 Å². The van der Waals surface area contributed by atoms with Crippen LogP contribution in [0.3, 0.4) is 0 Å². The summed E-state index contributed by atoms with van der Waals surface area (Å²) < 4.78 is 11.4. The SMILES string of the molecule is CC(C)(NCc1ccc2c(c1)OCCCO2)C1CC1. The van der Waals surface area contributed by atoms with Crippen molar-refractivity contribution >= 4 is 0 Å². The van der Waals surface area contributed by atoms with Crippen LogP contribution in [-0.4, -0.2) is 18.8 Å². The first kappa shape index (κ1) is 12.8. The lowest BCUT2D eigenvalue weighted by atomic mass is 9.98. The Morgan fingerprint density at radius 1 is 1.16 bits per heavy atom. The lowest BCUT2D eigenvalue weighted by Crippen LogP contribution is -2.40. The van der Waals surface area contributed by atoms with Gasteiger partial charge in [-0.3, -0.25) is 0 Å². The first-order valence-electron chi connectivity index (χ1n) is 7.29. The maximum atomic E-state index is 5.73. The van der Waals surface area contributed by atoms with E-state index in [1.165, 1.54) is 18.4 Å². The number of hydrogen-bond acceptors (Lipinski definition) is 3. The largest absolute Gasteiger partial charge is 0.490 e. The third-order valence-corrected chi connectivity index (χ3v) is 4.16. The van der Waals surface area contributed by atoms with E-state index < -0.39 is 0 Å². The molecule has 0 spiro atoms. The molecule has 1 saturated carbocycles. The molecule has 1 aliphatic heterocycles. The normalized spacial score (nSPS) is 19.1. The van der Waals surface area contributed by atoms with E-state index in [0.29, 0.717) is 0 Å². The van der Waals surface area contributed by atoms with E-state index in [1.54, 1.807) is 0 Å². The van der Waals surface area contributed by atoms with Crippen LogP contribution in [0.15, 0.2) is 18.2 Å². The molecule has 1 N–H and O–H groups in total. The van der Waals surface area contributed by atoms with Gasteiger partial charge in [0.1, 0.15) is 0 Å². The van der Waals surface area contributed by atoms with E-state index in [-0.39, 0.29) is 5.54 Å². The summed E-state index contributed by atoms with van der Waals surface area (Å²) in [6.07, 6.45) is 3.68. The summed E-state index contributed by atoms with van der Waals surface area (Å²) >= 11 is 0. The zero-order valence-electron chi connectivity index (χ0n) is 11.9. The summed E-state index contributed by atoms with van der Waals surface area (Å²) in [7, 11) is 0. The Balaban J connectivity index is 1.66. The Hall–Kier alpha value is -1.22. The molecule has 0 radical (unpaired) electrons. The predicted molar refractivity (Wildman–Crippen MR) is 75.7 cm³/mol. The highest BCUT2D eigenvalue weighted by molar-refractivity contribution is 5.43. The molecule has 19 heavy (non-hydrogen) atoms. The Morgan fingerprint density at radius 2 is 1.89 bits per heavy atom. The molecule has 0 aromatic heterocycles. The van der Waals surface area contributed by atoms with Gasteiger partial charge in [-0.2, -0.15) is 0 Å². The lowest BCUT2D eigenvalue weighted by molar-refractivity contribution is 0.296. The molecule has 1 heterocycles. The third kappa shape index (κ3) is 3.03. The van der Waals surface area contributed by atoms with Crippen molar-refractivity contribution in [3.05, 3.63) is 23.8 Å². The van der Waals surface area contributed by atoms with Gasteiger partial charge < -0.3 is 14.8 Å². The van der Waals surface area contributed by atoms with Crippen molar-refractivity contribution in [2.75, 3.05) is 13.2 Å². The summed E-state index contributed by atoms with van der Waals surface area (Å²) in [5.74, 6) is 2.61. The molecule has 3 nitrogen and oxygen atoms in total. The van der Waals surface area contributed by atoms with Crippen LogP contribution in [-0.2, 0) is 6.54 Å². The summed E-state index contributed by atoms with van der Waals surface area (Å²) in [5.41, 5.74) is 1.50. The molecule has 0 bridgehead atoms. The predicted octanol–water partition coefficient (Wildman–Crippen LogP) is 3.13. The molecule has 0 unspecified atom stereocenters. The highest BCUT2D eigenvalue weighted by Crippen LogP contribution is 2.39. The van der Waals surface area contributed by atoms with Crippen molar-refractivity contribution in [2.24, 2.45) is 5.92 Å². The second-order valence-corrected chi connectivity index (χ2v) is 6.18. The number of hydrogen-bond donors (Lipinski definition) is 1. The molecule has 0 amide bonds. The minimum absolute atomic E-state index is 0.240. The minimum atomic E-state index is 0.240.